The van der Waals surface area contributed by atoms with Crippen molar-refractivity contribution in [2.75, 3.05) is 17.8 Å². The lowest BCUT2D eigenvalue weighted by Crippen LogP contribution is -2.46. The lowest BCUT2D eigenvalue weighted by Gasteiger charge is -2.32. The van der Waals surface area contributed by atoms with Gasteiger partial charge in [-0.25, -0.2) is 12.8 Å². The summed E-state index contributed by atoms with van der Waals surface area (Å²) in [6.45, 7) is 4.13. The average Bonchev–Trinajstić information content (AvgIpc) is 2.69. The van der Waals surface area contributed by atoms with Crippen LogP contribution in [0.2, 0.25) is 0 Å². The van der Waals surface area contributed by atoms with Crippen molar-refractivity contribution < 1.29 is 22.4 Å². The molecule has 2 aromatic carbocycles. The molecule has 1 fully saturated rings. The Hall–Kier alpha value is -2.94. The molecule has 9 heteroatoms. The van der Waals surface area contributed by atoms with Crippen LogP contribution in [0.1, 0.15) is 35.7 Å². The molecule has 30 heavy (non-hydrogen) atoms. The zero-order valence-corrected chi connectivity index (χ0v) is 17.6. The molecule has 0 atom stereocenters. The van der Waals surface area contributed by atoms with Gasteiger partial charge in [0.25, 0.3) is 15.9 Å². The molecule has 0 aliphatic carbocycles. The van der Waals surface area contributed by atoms with Gasteiger partial charge >= 0.3 is 0 Å². The van der Waals surface area contributed by atoms with Gasteiger partial charge in [0.1, 0.15) is 5.82 Å². The largest absolute Gasteiger partial charge is 0.353 e. The first kappa shape index (κ1) is 21.8. The van der Waals surface area contributed by atoms with Crippen LogP contribution in [0.15, 0.2) is 47.4 Å². The molecule has 0 bridgehead atoms. The number of piperidine rings is 1. The Bertz CT molecular complexity index is 1060. The molecule has 7 nitrogen and oxygen atoms in total. The predicted octanol–water partition coefficient (Wildman–Crippen LogP) is 2.68. The van der Waals surface area contributed by atoms with Crippen molar-refractivity contribution in [2.24, 2.45) is 0 Å². The fraction of sp³-hybridized carbons (Fsp3) is 0.333. The highest BCUT2D eigenvalue weighted by molar-refractivity contribution is 7.92. The monoisotopic (exact) mass is 433 g/mol. The molecule has 1 aliphatic heterocycles. The summed E-state index contributed by atoms with van der Waals surface area (Å²) in [5.74, 6) is -1.06. The molecule has 0 saturated carbocycles. The van der Waals surface area contributed by atoms with Gasteiger partial charge in [-0.1, -0.05) is 18.2 Å². The van der Waals surface area contributed by atoms with E-state index in [-0.39, 0.29) is 34.0 Å². The Labute approximate surface area is 175 Å². The van der Waals surface area contributed by atoms with Crippen molar-refractivity contribution in [3.63, 3.8) is 0 Å². The maximum absolute atomic E-state index is 13.8. The number of hydrogen-bond donors (Lipinski definition) is 2. The van der Waals surface area contributed by atoms with Crippen LogP contribution in [0.25, 0.3) is 0 Å². The zero-order valence-electron chi connectivity index (χ0n) is 16.8. The van der Waals surface area contributed by atoms with E-state index in [1.807, 2.05) is 0 Å². The van der Waals surface area contributed by atoms with Gasteiger partial charge in [-0.2, -0.15) is 0 Å². The van der Waals surface area contributed by atoms with E-state index < -0.39 is 15.8 Å². The van der Waals surface area contributed by atoms with Crippen LogP contribution in [-0.4, -0.2) is 44.3 Å². The molecule has 2 N–H and O–H groups in total. The highest BCUT2D eigenvalue weighted by Gasteiger charge is 2.26. The third kappa shape index (κ3) is 4.96. The highest BCUT2D eigenvalue weighted by atomic mass is 32.2. The molecule has 160 valence electrons. The highest BCUT2D eigenvalue weighted by Crippen LogP contribution is 2.23. The Balaban J connectivity index is 1.79. The van der Waals surface area contributed by atoms with E-state index in [1.165, 1.54) is 37.3 Å². The number of aryl methyl sites for hydroxylation is 1. The molecule has 1 heterocycles. The number of likely N-dealkylation sites (tertiary alicyclic amines) is 1. The molecule has 0 unspecified atom stereocenters. The maximum Gasteiger partial charge on any atom is 0.262 e. The third-order valence-electron chi connectivity index (χ3n) is 5.06. The van der Waals surface area contributed by atoms with Gasteiger partial charge in [-0.15, -0.1) is 0 Å². The molecular formula is C21H24FN3O4S. The number of nitrogens with zero attached hydrogens (tertiary/aromatic N) is 1. The average molecular weight is 434 g/mol. The topological polar surface area (TPSA) is 95.6 Å². The van der Waals surface area contributed by atoms with Crippen molar-refractivity contribution in [3.8, 4) is 0 Å². The molecule has 0 radical (unpaired) electrons. The molecule has 0 spiro atoms. The molecule has 3 rings (SSSR count). The second-order valence-electron chi connectivity index (χ2n) is 7.33. The maximum atomic E-state index is 13.8. The Morgan fingerprint density at radius 2 is 1.77 bits per heavy atom. The van der Waals surface area contributed by atoms with E-state index in [4.69, 9.17) is 0 Å². The second-order valence-corrected chi connectivity index (χ2v) is 9.01. The number of benzene rings is 2. The van der Waals surface area contributed by atoms with Gasteiger partial charge in [0, 0.05) is 31.6 Å². The zero-order chi connectivity index (χ0) is 21.9. The summed E-state index contributed by atoms with van der Waals surface area (Å²) < 4.78 is 41.5. The first-order chi connectivity index (χ1) is 14.2. The lowest BCUT2D eigenvalue weighted by molar-refractivity contribution is -0.119. The van der Waals surface area contributed by atoms with Gasteiger partial charge in [0.15, 0.2) is 0 Å². The minimum Gasteiger partial charge on any atom is -0.353 e. The number of hydrogen-bond acceptors (Lipinski definition) is 4. The fourth-order valence-electron chi connectivity index (χ4n) is 3.43. The van der Waals surface area contributed by atoms with Crippen LogP contribution in [0.4, 0.5) is 10.1 Å². The van der Waals surface area contributed by atoms with Crippen LogP contribution in [0.3, 0.4) is 0 Å². The summed E-state index contributed by atoms with van der Waals surface area (Å²) in [5, 5.41) is 2.85. The number of carbonyl (C=O) groups is 2. The lowest BCUT2D eigenvalue weighted by atomic mass is 10.0. The van der Waals surface area contributed by atoms with E-state index in [0.29, 0.717) is 31.5 Å². The quantitative estimate of drug-likeness (QED) is 0.758. The second kappa shape index (κ2) is 8.83. The summed E-state index contributed by atoms with van der Waals surface area (Å²) in [4.78, 5) is 25.7. The molecule has 0 aromatic heterocycles. The number of nitrogens with one attached hydrogen (secondary N) is 2. The summed E-state index contributed by atoms with van der Waals surface area (Å²) >= 11 is 0. The summed E-state index contributed by atoms with van der Waals surface area (Å²) in [6, 6.07) is 9.77. The van der Waals surface area contributed by atoms with Crippen molar-refractivity contribution >= 4 is 27.5 Å². The number of amides is 2. The molecule has 2 amide bonds. The van der Waals surface area contributed by atoms with Crippen LogP contribution in [0.5, 0.6) is 0 Å². The SMILES string of the molecule is CC(=O)NC1CCN(C(=O)c2cc(S(=O)(=O)Nc3ccccc3F)ccc2C)CC1. The normalized spacial score (nSPS) is 15.0. The van der Waals surface area contributed by atoms with E-state index in [1.54, 1.807) is 17.9 Å². The van der Waals surface area contributed by atoms with E-state index >= 15 is 0 Å². The molecule has 1 saturated heterocycles. The first-order valence-electron chi connectivity index (χ1n) is 9.62. The predicted molar refractivity (Wildman–Crippen MR) is 111 cm³/mol. The summed E-state index contributed by atoms with van der Waals surface area (Å²) in [5.41, 5.74) is 0.768. The van der Waals surface area contributed by atoms with Gasteiger partial charge < -0.3 is 10.2 Å². The van der Waals surface area contributed by atoms with Crippen LogP contribution in [0, 0.1) is 12.7 Å². The summed E-state index contributed by atoms with van der Waals surface area (Å²) in [6.07, 6.45) is 1.27. The Morgan fingerprint density at radius 1 is 1.10 bits per heavy atom. The number of anilines is 1. The van der Waals surface area contributed by atoms with Crippen LogP contribution in [-0.2, 0) is 14.8 Å². The fourth-order valence-corrected chi connectivity index (χ4v) is 4.52. The van der Waals surface area contributed by atoms with Gasteiger partial charge in [-0.3, -0.25) is 14.3 Å². The summed E-state index contributed by atoms with van der Waals surface area (Å²) in [7, 11) is -4.07. The minimum absolute atomic E-state index is 0.0318. The van der Waals surface area contributed by atoms with Crippen LogP contribution < -0.4 is 10.0 Å². The Morgan fingerprint density at radius 3 is 2.40 bits per heavy atom. The number of sulfonamides is 1. The van der Waals surface area contributed by atoms with E-state index in [2.05, 4.69) is 10.0 Å². The Kier molecular flexibility index (Phi) is 6.40. The van der Waals surface area contributed by atoms with E-state index in [9.17, 15) is 22.4 Å². The number of para-hydroxylation sites is 1. The van der Waals surface area contributed by atoms with Gasteiger partial charge in [0.2, 0.25) is 5.91 Å². The van der Waals surface area contributed by atoms with Crippen molar-refractivity contribution in [1.82, 2.24) is 10.2 Å². The molecule has 1 aliphatic rings. The van der Waals surface area contributed by atoms with Gasteiger partial charge in [0.05, 0.1) is 10.6 Å². The molecular weight excluding hydrogens is 409 g/mol. The van der Waals surface area contributed by atoms with Crippen molar-refractivity contribution in [3.05, 3.63) is 59.4 Å². The minimum atomic E-state index is -4.07. The van der Waals surface area contributed by atoms with Crippen molar-refractivity contribution in [1.29, 1.82) is 0 Å². The first-order valence-corrected chi connectivity index (χ1v) is 11.1. The standard InChI is InChI=1S/C21H24FN3O4S/c1-14-7-8-17(30(28,29)24-20-6-4-3-5-19(20)22)13-18(14)21(27)25-11-9-16(10-12-25)23-15(2)26/h3-8,13,16,24H,9-12H2,1-2H3,(H,23,26). The van der Waals surface area contributed by atoms with Crippen molar-refractivity contribution in [2.45, 2.75) is 37.6 Å². The number of halogens is 1. The number of carbonyl (C=O) groups excluding carboxylic acids is 2. The number of rotatable bonds is 5. The van der Waals surface area contributed by atoms with E-state index in [0.717, 1.165) is 6.07 Å². The molecule has 2 aromatic rings. The van der Waals surface area contributed by atoms with Gasteiger partial charge in [-0.05, 0) is 49.6 Å². The van der Waals surface area contributed by atoms with Crippen LogP contribution >= 0.6 is 0 Å². The third-order valence-corrected chi connectivity index (χ3v) is 6.42. The smallest absolute Gasteiger partial charge is 0.262 e.